The first-order valence-electron chi connectivity index (χ1n) is 7.40. The fraction of sp³-hybridized carbons (Fsp3) is 0.400. The molecule has 0 unspecified atom stereocenters. The summed E-state index contributed by atoms with van der Waals surface area (Å²) >= 11 is 0. The fourth-order valence-electron chi connectivity index (χ4n) is 2.63. The number of nitrogens with zero attached hydrogens (tertiary/aromatic N) is 3. The average molecular weight is 303 g/mol. The topological polar surface area (TPSA) is 73.9 Å². The summed E-state index contributed by atoms with van der Waals surface area (Å²) in [4.78, 5) is 25.3. The van der Waals surface area contributed by atoms with Crippen LogP contribution in [0.25, 0.3) is 11.4 Å². The van der Waals surface area contributed by atoms with Crippen molar-refractivity contribution in [2.45, 2.75) is 13.3 Å². The number of H-pyrrole nitrogens is 1. The van der Waals surface area contributed by atoms with Gasteiger partial charge in [0.2, 0.25) is 5.95 Å². The van der Waals surface area contributed by atoms with E-state index in [1.807, 2.05) is 6.92 Å². The third-order valence-corrected chi connectivity index (χ3v) is 3.76. The Morgan fingerprint density at radius 1 is 1.36 bits per heavy atom. The Bertz CT molecular complexity index is 724. The van der Waals surface area contributed by atoms with Crippen molar-refractivity contribution in [1.82, 2.24) is 20.3 Å². The quantitative estimate of drug-likeness (QED) is 0.826. The highest BCUT2D eigenvalue weighted by Gasteiger charge is 2.19. The molecule has 1 fully saturated rings. The van der Waals surface area contributed by atoms with Crippen LogP contribution in [0.3, 0.4) is 0 Å². The van der Waals surface area contributed by atoms with Crippen LogP contribution in [0.15, 0.2) is 23.1 Å². The number of aromatic amines is 1. The number of hydrogen-bond acceptors (Lipinski definition) is 5. The number of halogens is 1. The minimum Gasteiger partial charge on any atom is -0.354 e. The van der Waals surface area contributed by atoms with Crippen molar-refractivity contribution < 1.29 is 4.39 Å². The van der Waals surface area contributed by atoms with Crippen LogP contribution in [0.5, 0.6) is 0 Å². The number of hydrogen-bond donors (Lipinski definition) is 2. The van der Waals surface area contributed by atoms with Crippen LogP contribution in [-0.2, 0) is 6.42 Å². The molecule has 116 valence electrons. The lowest BCUT2D eigenvalue weighted by atomic mass is 10.2. The second-order valence-electron chi connectivity index (χ2n) is 5.17. The van der Waals surface area contributed by atoms with E-state index >= 15 is 0 Å². The lowest BCUT2D eigenvalue weighted by molar-refractivity contribution is 0.581. The molecule has 2 aromatic rings. The maximum Gasteiger partial charge on any atom is 0.256 e. The molecule has 3 heterocycles. The number of anilines is 1. The highest BCUT2D eigenvalue weighted by Crippen LogP contribution is 2.20. The molecule has 0 bridgehead atoms. The van der Waals surface area contributed by atoms with Gasteiger partial charge in [0, 0.05) is 44.0 Å². The molecule has 3 rings (SSSR count). The van der Waals surface area contributed by atoms with E-state index in [-0.39, 0.29) is 5.56 Å². The molecule has 0 spiro atoms. The zero-order valence-corrected chi connectivity index (χ0v) is 12.4. The van der Waals surface area contributed by atoms with Gasteiger partial charge in [-0.3, -0.25) is 4.79 Å². The van der Waals surface area contributed by atoms with E-state index in [1.165, 1.54) is 12.3 Å². The standard InChI is InChI=1S/C15H18FN5O/c1-2-11-14(21-7-5-17-6-8-21)19-13(20-15(11)22)10-3-4-18-12(16)9-10/h3-4,9,17H,2,5-8H2,1H3,(H,19,20,22). The highest BCUT2D eigenvalue weighted by atomic mass is 19.1. The predicted octanol–water partition coefficient (Wildman–Crippen LogP) is 0.943. The fourth-order valence-corrected chi connectivity index (χ4v) is 2.63. The van der Waals surface area contributed by atoms with Gasteiger partial charge in [0.1, 0.15) is 11.6 Å². The molecule has 2 aromatic heterocycles. The number of rotatable bonds is 3. The number of aromatic nitrogens is 3. The molecule has 2 N–H and O–H groups in total. The van der Waals surface area contributed by atoms with E-state index in [0.717, 1.165) is 26.2 Å². The Morgan fingerprint density at radius 2 is 2.14 bits per heavy atom. The van der Waals surface area contributed by atoms with Gasteiger partial charge in [0.15, 0.2) is 0 Å². The molecule has 1 aliphatic rings. The van der Waals surface area contributed by atoms with Crippen LogP contribution in [0.4, 0.5) is 10.2 Å². The molecule has 0 aromatic carbocycles. The van der Waals surface area contributed by atoms with E-state index in [1.54, 1.807) is 6.07 Å². The molecule has 22 heavy (non-hydrogen) atoms. The summed E-state index contributed by atoms with van der Waals surface area (Å²) < 4.78 is 13.3. The van der Waals surface area contributed by atoms with Crippen LogP contribution in [0, 0.1) is 5.95 Å². The summed E-state index contributed by atoms with van der Waals surface area (Å²) in [5, 5.41) is 3.28. The normalized spacial score (nSPS) is 15.1. The zero-order chi connectivity index (χ0) is 15.5. The van der Waals surface area contributed by atoms with Crippen molar-refractivity contribution in [1.29, 1.82) is 0 Å². The molecule has 6 nitrogen and oxygen atoms in total. The molecular formula is C15H18FN5O. The summed E-state index contributed by atoms with van der Waals surface area (Å²) in [6.45, 7) is 5.25. The molecule has 1 saturated heterocycles. The lowest BCUT2D eigenvalue weighted by Crippen LogP contribution is -2.45. The van der Waals surface area contributed by atoms with Crippen LogP contribution in [0.1, 0.15) is 12.5 Å². The van der Waals surface area contributed by atoms with E-state index in [9.17, 15) is 9.18 Å². The third-order valence-electron chi connectivity index (χ3n) is 3.76. The van der Waals surface area contributed by atoms with Crippen LogP contribution < -0.4 is 15.8 Å². The summed E-state index contributed by atoms with van der Waals surface area (Å²) in [6, 6.07) is 2.90. The van der Waals surface area contributed by atoms with E-state index < -0.39 is 5.95 Å². The summed E-state index contributed by atoms with van der Waals surface area (Å²) in [5.74, 6) is 0.473. The molecule has 0 amide bonds. The summed E-state index contributed by atoms with van der Waals surface area (Å²) in [6.07, 6.45) is 1.97. The number of pyridine rings is 1. The van der Waals surface area contributed by atoms with Gasteiger partial charge in [0.05, 0.1) is 5.56 Å². The largest absolute Gasteiger partial charge is 0.354 e. The van der Waals surface area contributed by atoms with Crippen molar-refractivity contribution in [2.75, 3.05) is 31.1 Å². The number of piperazine rings is 1. The lowest BCUT2D eigenvalue weighted by Gasteiger charge is -2.29. The maximum absolute atomic E-state index is 13.3. The van der Waals surface area contributed by atoms with Gasteiger partial charge in [0.25, 0.3) is 5.56 Å². The van der Waals surface area contributed by atoms with E-state index in [4.69, 9.17) is 0 Å². The molecule has 0 radical (unpaired) electrons. The first kappa shape index (κ1) is 14.6. The van der Waals surface area contributed by atoms with Crippen LogP contribution >= 0.6 is 0 Å². The Hall–Kier alpha value is -2.28. The van der Waals surface area contributed by atoms with E-state index in [0.29, 0.717) is 29.2 Å². The van der Waals surface area contributed by atoms with Gasteiger partial charge in [-0.05, 0) is 12.5 Å². The maximum atomic E-state index is 13.3. The van der Waals surface area contributed by atoms with Crippen LogP contribution in [-0.4, -0.2) is 41.1 Å². The van der Waals surface area contributed by atoms with Crippen molar-refractivity contribution in [2.24, 2.45) is 0 Å². The van der Waals surface area contributed by atoms with E-state index in [2.05, 4.69) is 25.2 Å². The minimum absolute atomic E-state index is 0.168. The molecule has 0 saturated carbocycles. The van der Waals surface area contributed by atoms with Gasteiger partial charge < -0.3 is 15.2 Å². The zero-order valence-electron chi connectivity index (χ0n) is 12.4. The Kier molecular flexibility index (Phi) is 4.15. The van der Waals surface area contributed by atoms with Gasteiger partial charge in [-0.1, -0.05) is 6.92 Å². The van der Waals surface area contributed by atoms with Crippen molar-refractivity contribution in [3.63, 3.8) is 0 Å². The second kappa shape index (κ2) is 6.23. The first-order valence-corrected chi connectivity index (χ1v) is 7.40. The van der Waals surface area contributed by atoms with Crippen molar-refractivity contribution in [3.05, 3.63) is 40.2 Å². The first-order chi connectivity index (χ1) is 10.7. The molecule has 1 aliphatic heterocycles. The third kappa shape index (κ3) is 2.85. The summed E-state index contributed by atoms with van der Waals surface area (Å²) in [5.41, 5.74) is 1.02. The molecule has 0 aliphatic carbocycles. The Balaban J connectivity index is 2.09. The SMILES string of the molecule is CCc1c(N2CCNCC2)nc(-c2ccnc(F)c2)[nH]c1=O. The smallest absolute Gasteiger partial charge is 0.256 e. The minimum atomic E-state index is -0.594. The Labute approximate surface area is 127 Å². The van der Waals surface area contributed by atoms with Crippen LogP contribution in [0.2, 0.25) is 0 Å². The summed E-state index contributed by atoms with van der Waals surface area (Å²) in [7, 11) is 0. The highest BCUT2D eigenvalue weighted by molar-refractivity contribution is 5.58. The monoisotopic (exact) mass is 303 g/mol. The second-order valence-corrected chi connectivity index (χ2v) is 5.17. The Morgan fingerprint density at radius 3 is 2.82 bits per heavy atom. The van der Waals surface area contributed by atoms with Crippen molar-refractivity contribution in [3.8, 4) is 11.4 Å². The van der Waals surface area contributed by atoms with Gasteiger partial charge in [-0.2, -0.15) is 4.39 Å². The molecule has 7 heteroatoms. The molecular weight excluding hydrogens is 285 g/mol. The van der Waals surface area contributed by atoms with Gasteiger partial charge in [-0.25, -0.2) is 9.97 Å². The average Bonchev–Trinajstić information content (AvgIpc) is 2.55. The van der Waals surface area contributed by atoms with Gasteiger partial charge in [-0.15, -0.1) is 0 Å². The predicted molar refractivity (Wildman–Crippen MR) is 82.5 cm³/mol. The number of nitrogens with one attached hydrogen (secondary N) is 2. The van der Waals surface area contributed by atoms with Gasteiger partial charge >= 0.3 is 0 Å². The van der Waals surface area contributed by atoms with Crippen molar-refractivity contribution >= 4 is 5.82 Å². The molecule has 0 atom stereocenters.